The molecule has 1 aliphatic carbocycles. The molecule has 0 bridgehead atoms. The monoisotopic (exact) mass is 296 g/mol. The van der Waals surface area contributed by atoms with Crippen LogP contribution in [0.4, 0.5) is 5.69 Å². The zero-order chi connectivity index (χ0) is 14.9. The van der Waals surface area contributed by atoms with E-state index in [2.05, 4.69) is 19.2 Å². The Labute approximate surface area is 121 Å². The molecule has 4 nitrogen and oxygen atoms in total. The predicted molar refractivity (Wildman–Crippen MR) is 82.1 cm³/mol. The van der Waals surface area contributed by atoms with Crippen molar-refractivity contribution < 1.29 is 8.42 Å². The minimum Gasteiger partial charge on any atom is -0.382 e. The van der Waals surface area contributed by atoms with Crippen LogP contribution < -0.4 is 10.5 Å². The van der Waals surface area contributed by atoms with Gasteiger partial charge in [0, 0.05) is 11.7 Å². The number of sulfonamides is 1. The van der Waals surface area contributed by atoms with Crippen LogP contribution in [0.2, 0.25) is 0 Å². The second-order valence-corrected chi connectivity index (χ2v) is 7.70. The number of anilines is 1. The number of primary sulfonamides is 1. The third kappa shape index (κ3) is 3.52. The van der Waals surface area contributed by atoms with Crippen LogP contribution in [0.1, 0.15) is 38.7 Å². The number of benzene rings is 1. The molecule has 5 heteroatoms. The van der Waals surface area contributed by atoms with Crippen LogP contribution in [0.15, 0.2) is 23.1 Å². The van der Waals surface area contributed by atoms with Crippen molar-refractivity contribution in [3.8, 4) is 0 Å². The van der Waals surface area contributed by atoms with E-state index < -0.39 is 10.0 Å². The van der Waals surface area contributed by atoms with E-state index in [-0.39, 0.29) is 4.90 Å². The lowest BCUT2D eigenvalue weighted by molar-refractivity contribution is 0.280. The van der Waals surface area contributed by atoms with Crippen LogP contribution in [-0.4, -0.2) is 14.5 Å². The molecular weight excluding hydrogens is 272 g/mol. The Bertz CT molecular complexity index is 584. The van der Waals surface area contributed by atoms with E-state index in [1.54, 1.807) is 19.1 Å². The van der Waals surface area contributed by atoms with Crippen molar-refractivity contribution in [3.63, 3.8) is 0 Å². The fourth-order valence-corrected chi connectivity index (χ4v) is 3.75. The third-order valence-electron chi connectivity index (χ3n) is 4.30. The van der Waals surface area contributed by atoms with Crippen molar-refractivity contribution in [1.82, 2.24) is 0 Å². The Morgan fingerprint density at radius 1 is 1.25 bits per heavy atom. The Balaban J connectivity index is 2.22. The van der Waals surface area contributed by atoms with Crippen LogP contribution in [-0.2, 0) is 10.0 Å². The minimum absolute atomic E-state index is 0.207. The van der Waals surface area contributed by atoms with Gasteiger partial charge in [-0.2, -0.15) is 0 Å². The highest BCUT2D eigenvalue weighted by atomic mass is 32.2. The van der Waals surface area contributed by atoms with E-state index in [1.165, 1.54) is 12.8 Å². The molecule has 0 aliphatic heterocycles. The summed E-state index contributed by atoms with van der Waals surface area (Å²) in [5.41, 5.74) is 1.52. The van der Waals surface area contributed by atoms with E-state index in [1.807, 2.05) is 6.07 Å². The molecule has 2 rings (SSSR count). The zero-order valence-corrected chi connectivity index (χ0v) is 13.2. The smallest absolute Gasteiger partial charge is 0.238 e. The average Bonchev–Trinajstić information content (AvgIpc) is 2.35. The lowest BCUT2D eigenvalue weighted by Crippen LogP contribution is -2.33. The highest BCUT2D eigenvalue weighted by molar-refractivity contribution is 7.89. The molecule has 1 saturated carbocycles. The standard InChI is InChI=1S/C15H24N2O2S/c1-10-4-5-11(2)14(8-10)17-13-7-6-12(3)15(9-13)20(16,18)19/h6-7,9-11,14,17H,4-5,8H2,1-3H3,(H2,16,18,19). The molecule has 0 aromatic heterocycles. The van der Waals surface area contributed by atoms with Crippen LogP contribution in [0.3, 0.4) is 0 Å². The van der Waals surface area contributed by atoms with Gasteiger partial charge in [-0.25, -0.2) is 13.6 Å². The van der Waals surface area contributed by atoms with E-state index in [0.717, 1.165) is 12.1 Å². The molecule has 3 N–H and O–H groups in total. The second kappa shape index (κ2) is 5.74. The summed E-state index contributed by atoms with van der Waals surface area (Å²) >= 11 is 0. The number of hydrogen-bond acceptors (Lipinski definition) is 3. The quantitative estimate of drug-likeness (QED) is 0.901. The zero-order valence-electron chi connectivity index (χ0n) is 12.4. The molecule has 1 aliphatic rings. The first-order chi connectivity index (χ1) is 9.27. The summed E-state index contributed by atoms with van der Waals surface area (Å²) in [4.78, 5) is 0.207. The number of nitrogens with one attached hydrogen (secondary N) is 1. The van der Waals surface area contributed by atoms with Gasteiger partial charge in [0.05, 0.1) is 4.90 Å². The summed E-state index contributed by atoms with van der Waals surface area (Å²) in [6.45, 7) is 6.28. The first-order valence-electron chi connectivity index (χ1n) is 7.17. The van der Waals surface area contributed by atoms with Gasteiger partial charge in [-0.3, -0.25) is 0 Å². The van der Waals surface area contributed by atoms with Gasteiger partial charge >= 0.3 is 0 Å². The Kier molecular flexibility index (Phi) is 4.39. The topological polar surface area (TPSA) is 72.2 Å². The van der Waals surface area contributed by atoms with Crippen molar-refractivity contribution in [3.05, 3.63) is 23.8 Å². The molecule has 1 aromatic rings. The summed E-state index contributed by atoms with van der Waals surface area (Å²) in [7, 11) is -3.66. The number of aryl methyl sites for hydroxylation is 1. The third-order valence-corrected chi connectivity index (χ3v) is 5.36. The van der Waals surface area contributed by atoms with Gasteiger partial charge in [0.25, 0.3) is 0 Å². The fourth-order valence-electron chi connectivity index (χ4n) is 2.94. The van der Waals surface area contributed by atoms with Crippen molar-refractivity contribution in [1.29, 1.82) is 0 Å². The molecule has 112 valence electrons. The van der Waals surface area contributed by atoms with E-state index in [0.29, 0.717) is 23.4 Å². The molecule has 3 unspecified atom stereocenters. The fraction of sp³-hybridized carbons (Fsp3) is 0.600. The highest BCUT2D eigenvalue weighted by Crippen LogP contribution is 2.31. The Hall–Kier alpha value is -1.07. The van der Waals surface area contributed by atoms with Crippen molar-refractivity contribution >= 4 is 15.7 Å². The Morgan fingerprint density at radius 3 is 2.60 bits per heavy atom. The molecule has 0 heterocycles. The average molecular weight is 296 g/mol. The molecule has 0 amide bonds. The van der Waals surface area contributed by atoms with Crippen LogP contribution in [0, 0.1) is 18.8 Å². The van der Waals surface area contributed by atoms with Crippen LogP contribution in [0.25, 0.3) is 0 Å². The van der Waals surface area contributed by atoms with E-state index >= 15 is 0 Å². The maximum absolute atomic E-state index is 11.6. The second-order valence-electron chi connectivity index (χ2n) is 6.17. The van der Waals surface area contributed by atoms with Gasteiger partial charge in [0.1, 0.15) is 0 Å². The SMILES string of the molecule is Cc1ccc(NC2CC(C)CCC2C)cc1S(N)(=O)=O. The first kappa shape index (κ1) is 15.3. The number of rotatable bonds is 3. The van der Waals surface area contributed by atoms with E-state index in [9.17, 15) is 8.42 Å². The van der Waals surface area contributed by atoms with Gasteiger partial charge in [-0.1, -0.05) is 26.3 Å². The molecule has 1 aromatic carbocycles. The first-order valence-corrected chi connectivity index (χ1v) is 8.72. The maximum atomic E-state index is 11.6. The lowest BCUT2D eigenvalue weighted by atomic mass is 9.80. The van der Waals surface area contributed by atoms with Crippen LogP contribution in [0.5, 0.6) is 0 Å². The predicted octanol–water partition coefficient (Wildman–Crippen LogP) is 2.88. The molecular formula is C15H24N2O2S. The summed E-state index contributed by atoms with van der Waals surface area (Å²) < 4.78 is 23.1. The van der Waals surface area contributed by atoms with Gasteiger partial charge in [-0.15, -0.1) is 0 Å². The normalized spacial score (nSPS) is 27.3. The largest absolute Gasteiger partial charge is 0.382 e. The van der Waals surface area contributed by atoms with Gasteiger partial charge in [0.2, 0.25) is 10.0 Å². The Morgan fingerprint density at radius 2 is 1.95 bits per heavy atom. The molecule has 1 fully saturated rings. The van der Waals surface area contributed by atoms with Gasteiger partial charge < -0.3 is 5.32 Å². The van der Waals surface area contributed by atoms with Crippen molar-refractivity contribution in [2.45, 2.75) is 51.0 Å². The van der Waals surface area contributed by atoms with Gasteiger partial charge in [-0.05, 0) is 49.3 Å². The highest BCUT2D eigenvalue weighted by Gasteiger charge is 2.25. The molecule has 3 atom stereocenters. The molecule has 0 saturated heterocycles. The number of nitrogens with two attached hydrogens (primary N) is 1. The maximum Gasteiger partial charge on any atom is 0.238 e. The molecule has 0 radical (unpaired) electrons. The lowest BCUT2D eigenvalue weighted by Gasteiger charge is -2.34. The van der Waals surface area contributed by atoms with Crippen molar-refractivity contribution in [2.24, 2.45) is 17.0 Å². The van der Waals surface area contributed by atoms with E-state index in [4.69, 9.17) is 5.14 Å². The minimum atomic E-state index is -3.66. The van der Waals surface area contributed by atoms with Gasteiger partial charge in [0.15, 0.2) is 0 Å². The summed E-state index contributed by atoms with van der Waals surface area (Å²) in [6.07, 6.45) is 3.61. The van der Waals surface area contributed by atoms with Crippen molar-refractivity contribution in [2.75, 3.05) is 5.32 Å². The molecule has 0 spiro atoms. The summed E-state index contributed by atoms with van der Waals surface area (Å²) in [5, 5.41) is 8.73. The van der Waals surface area contributed by atoms with Crippen LogP contribution >= 0.6 is 0 Å². The summed E-state index contributed by atoms with van der Waals surface area (Å²) in [5.74, 6) is 1.32. The summed E-state index contributed by atoms with van der Waals surface area (Å²) in [6, 6.07) is 5.78. The number of hydrogen-bond donors (Lipinski definition) is 2. The molecule has 20 heavy (non-hydrogen) atoms.